The fourth-order valence-corrected chi connectivity index (χ4v) is 1.75. The molecule has 0 spiro atoms. The molecule has 2 rings (SSSR count). The van der Waals surface area contributed by atoms with Crippen molar-refractivity contribution in [2.75, 3.05) is 6.54 Å². The quantitative estimate of drug-likeness (QED) is 0.746. The second kappa shape index (κ2) is 5.51. The van der Waals surface area contributed by atoms with Crippen LogP contribution in [-0.4, -0.2) is 33.5 Å². The van der Waals surface area contributed by atoms with Crippen LogP contribution in [0.25, 0.3) is 11.0 Å². The highest BCUT2D eigenvalue weighted by molar-refractivity contribution is 5.87. The SMILES string of the molecule is CC(CNC(=O)Cc1c[nH]c2ncccc12)C(=O)O. The van der Waals surface area contributed by atoms with Gasteiger partial charge in [-0.25, -0.2) is 4.98 Å². The Balaban J connectivity index is 1.97. The van der Waals surface area contributed by atoms with Crippen LogP contribution in [0.2, 0.25) is 0 Å². The van der Waals surface area contributed by atoms with Crippen LogP contribution in [0.5, 0.6) is 0 Å². The molecule has 2 heterocycles. The highest BCUT2D eigenvalue weighted by atomic mass is 16.4. The van der Waals surface area contributed by atoms with Gasteiger partial charge in [0.25, 0.3) is 0 Å². The first kappa shape index (κ1) is 13.1. The Morgan fingerprint density at radius 1 is 1.53 bits per heavy atom. The van der Waals surface area contributed by atoms with E-state index in [-0.39, 0.29) is 18.9 Å². The lowest BCUT2D eigenvalue weighted by atomic mass is 10.1. The number of carboxylic acids is 1. The van der Waals surface area contributed by atoms with Crippen molar-refractivity contribution < 1.29 is 14.7 Å². The molecule has 1 amide bonds. The molecular weight excluding hydrogens is 246 g/mol. The van der Waals surface area contributed by atoms with E-state index in [4.69, 9.17) is 5.11 Å². The molecule has 0 saturated carbocycles. The van der Waals surface area contributed by atoms with Crippen molar-refractivity contribution in [1.29, 1.82) is 0 Å². The zero-order chi connectivity index (χ0) is 13.8. The summed E-state index contributed by atoms with van der Waals surface area (Å²) in [5.41, 5.74) is 1.59. The third-order valence-electron chi connectivity index (χ3n) is 2.91. The number of aromatic nitrogens is 2. The van der Waals surface area contributed by atoms with E-state index in [2.05, 4.69) is 15.3 Å². The molecule has 1 atom stereocenters. The van der Waals surface area contributed by atoms with Crippen LogP contribution in [0.15, 0.2) is 24.5 Å². The van der Waals surface area contributed by atoms with Crippen molar-refractivity contribution in [3.63, 3.8) is 0 Å². The molecule has 3 N–H and O–H groups in total. The van der Waals surface area contributed by atoms with Gasteiger partial charge in [0.15, 0.2) is 0 Å². The number of aromatic amines is 1. The number of amides is 1. The normalized spacial score (nSPS) is 12.3. The Morgan fingerprint density at radius 2 is 2.32 bits per heavy atom. The maximum Gasteiger partial charge on any atom is 0.308 e. The van der Waals surface area contributed by atoms with Gasteiger partial charge >= 0.3 is 5.97 Å². The first-order valence-corrected chi connectivity index (χ1v) is 5.98. The first-order valence-electron chi connectivity index (χ1n) is 5.98. The number of carbonyl (C=O) groups is 2. The van der Waals surface area contributed by atoms with E-state index in [1.165, 1.54) is 0 Å². The number of H-pyrrole nitrogens is 1. The molecule has 6 heteroatoms. The highest BCUT2D eigenvalue weighted by Crippen LogP contribution is 2.15. The van der Waals surface area contributed by atoms with Crippen LogP contribution in [0.1, 0.15) is 12.5 Å². The standard InChI is InChI=1S/C13H15N3O3/c1-8(13(18)19)6-15-11(17)5-9-7-16-12-10(9)3-2-4-14-12/h2-4,7-8H,5-6H2,1H3,(H,14,16)(H,15,17)(H,18,19). The van der Waals surface area contributed by atoms with E-state index in [0.717, 1.165) is 16.6 Å². The van der Waals surface area contributed by atoms with E-state index < -0.39 is 11.9 Å². The van der Waals surface area contributed by atoms with Gasteiger partial charge in [0.1, 0.15) is 5.65 Å². The number of hydrogen-bond donors (Lipinski definition) is 3. The zero-order valence-electron chi connectivity index (χ0n) is 10.5. The van der Waals surface area contributed by atoms with Crippen molar-refractivity contribution in [3.05, 3.63) is 30.1 Å². The van der Waals surface area contributed by atoms with E-state index >= 15 is 0 Å². The number of fused-ring (bicyclic) bond motifs is 1. The Morgan fingerprint density at radius 3 is 3.05 bits per heavy atom. The minimum absolute atomic E-state index is 0.134. The molecule has 6 nitrogen and oxygen atoms in total. The summed E-state index contributed by atoms with van der Waals surface area (Å²) < 4.78 is 0. The smallest absolute Gasteiger partial charge is 0.308 e. The van der Waals surface area contributed by atoms with Gasteiger partial charge in [-0.1, -0.05) is 6.92 Å². The monoisotopic (exact) mass is 261 g/mol. The molecular formula is C13H15N3O3. The molecule has 0 aliphatic rings. The summed E-state index contributed by atoms with van der Waals surface area (Å²) in [4.78, 5) is 29.5. The molecule has 0 aromatic carbocycles. The predicted molar refractivity (Wildman–Crippen MR) is 69.6 cm³/mol. The Hall–Kier alpha value is -2.37. The molecule has 0 aliphatic carbocycles. The number of nitrogens with zero attached hydrogens (tertiary/aromatic N) is 1. The van der Waals surface area contributed by atoms with E-state index in [9.17, 15) is 9.59 Å². The number of aliphatic carboxylic acids is 1. The summed E-state index contributed by atoms with van der Waals surface area (Å²) in [5.74, 6) is -1.71. The van der Waals surface area contributed by atoms with Gasteiger partial charge < -0.3 is 15.4 Å². The van der Waals surface area contributed by atoms with Gasteiger partial charge in [0.05, 0.1) is 12.3 Å². The molecule has 0 aliphatic heterocycles. The number of hydrogen-bond acceptors (Lipinski definition) is 3. The summed E-state index contributed by atoms with van der Waals surface area (Å²) in [7, 11) is 0. The van der Waals surface area contributed by atoms with Crippen LogP contribution >= 0.6 is 0 Å². The van der Waals surface area contributed by atoms with Gasteiger partial charge in [0, 0.05) is 24.3 Å². The summed E-state index contributed by atoms with van der Waals surface area (Å²) >= 11 is 0. The largest absolute Gasteiger partial charge is 0.481 e. The van der Waals surface area contributed by atoms with Crippen molar-refractivity contribution in [2.24, 2.45) is 5.92 Å². The minimum Gasteiger partial charge on any atom is -0.481 e. The molecule has 100 valence electrons. The van der Waals surface area contributed by atoms with Gasteiger partial charge in [-0.3, -0.25) is 9.59 Å². The zero-order valence-corrected chi connectivity index (χ0v) is 10.5. The molecule has 1 unspecified atom stereocenters. The van der Waals surface area contributed by atoms with Crippen LogP contribution < -0.4 is 5.32 Å². The third-order valence-corrected chi connectivity index (χ3v) is 2.91. The number of pyridine rings is 1. The third kappa shape index (κ3) is 3.09. The van der Waals surface area contributed by atoms with Crippen molar-refractivity contribution in [1.82, 2.24) is 15.3 Å². The number of carboxylic acid groups (broad SMARTS) is 1. The summed E-state index contributed by atoms with van der Waals surface area (Å²) in [6.07, 6.45) is 3.63. The van der Waals surface area contributed by atoms with Gasteiger partial charge in [-0.2, -0.15) is 0 Å². The minimum atomic E-state index is -0.920. The lowest BCUT2D eigenvalue weighted by Gasteiger charge is -2.07. The second-order valence-corrected chi connectivity index (χ2v) is 4.43. The molecule has 0 saturated heterocycles. The predicted octanol–water partition coefficient (Wildman–Crippen LogP) is 0.942. The molecule has 19 heavy (non-hydrogen) atoms. The first-order chi connectivity index (χ1) is 9.08. The fourth-order valence-electron chi connectivity index (χ4n) is 1.75. The molecule has 0 bridgehead atoms. The van der Waals surface area contributed by atoms with E-state index in [1.54, 1.807) is 19.3 Å². The van der Waals surface area contributed by atoms with Crippen molar-refractivity contribution in [3.8, 4) is 0 Å². The molecule has 0 radical (unpaired) electrons. The molecule has 2 aromatic rings. The maximum atomic E-state index is 11.7. The Kier molecular flexibility index (Phi) is 3.79. The fraction of sp³-hybridized carbons (Fsp3) is 0.308. The number of nitrogens with one attached hydrogen (secondary N) is 2. The Labute approximate surface area is 109 Å². The van der Waals surface area contributed by atoms with Crippen LogP contribution in [-0.2, 0) is 16.0 Å². The summed E-state index contributed by atoms with van der Waals surface area (Å²) in [5, 5.41) is 12.2. The topological polar surface area (TPSA) is 95.1 Å². The highest BCUT2D eigenvalue weighted by Gasteiger charge is 2.13. The average Bonchev–Trinajstić information content (AvgIpc) is 2.79. The van der Waals surface area contributed by atoms with Crippen LogP contribution in [0.4, 0.5) is 0 Å². The van der Waals surface area contributed by atoms with Crippen LogP contribution in [0.3, 0.4) is 0 Å². The number of rotatable bonds is 5. The second-order valence-electron chi connectivity index (χ2n) is 4.43. The molecule has 2 aromatic heterocycles. The van der Waals surface area contributed by atoms with Crippen LogP contribution in [0, 0.1) is 5.92 Å². The van der Waals surface area contributed by atoms with Crippen molar-refractivity contribution >= 4 is 22.9 Å². The lowest BCUT2D eigenvalue weighted by molar-refractivity contribution is -0.141. The van der Waals surface area contributed by atoms with Gasteiger partial charge in [-0.05, 0) is 17.7 Å². The van der Waals surface area contributed by atoms with Gasteiger partial charge in [0.2, 0.25) is 5.91 Å². The number of carbonyl (C=O) groups excluding carboxylic acids is 1. The lowest BCUT2D eigenvalue weighted by Crippen LogP contribution is -2.32. The summed E-state index contributed by atoms with van der Waals surface area (Å²) in [6, 6.07) is 3.70. The Bertz CT molecular complexity index is 606. The average molecular weight is 261 g/mol. The van der Waals surface area contributed by atoms with E-state index in [0.29, 0.717) is 0 Å². The van der Waals surface area contributed by atoms with Crippen molar-refractivity contribution in [2.45, 2.75) is 13.3 Å². The van der Waals surface area contributed by atoms with E-state index in [1.807, 2.05) is 12.1 Å². The molecule has 0 fully saturated rings. The maximum absolute atomic E-state index is 11.7. The summed E-state index contributed by atoms with van der Waals surface area (Å²) in [6.45, 7) is 1.69. The van der Waals surface area contributed by atoms with Gasteiger partial charge in [-0.15, -0.1) is 0 Å².